The SMILES string of the molecule is CC(C)c1c2cc(-c3nc(Nc4ccc5c(n4)CCN(C4CCOC4)C5)ncc3F)ccc2nn1C. The zero-order valence-corrected chi connectivity index (χ0v) is 20.8. The monoisotopic (exact) mass is 487 g/mol. The fourth-order valence-electron chi connectivity index (χ4n) is 5.42. The molecular weight excluding hydrogens is 457 g/mol. The van der Waals surface area contributed by atoms with Crippen molar-refractivity contribution < 1.29 is 9.13 Å². The summed E-state index contributed by atoms with van der Waals surface area (Å²) in [5.41, 5.74) is 5.26. The Hall–Kier alpha value is -3.43. The summed E-state index contributed by atoms with van der Waals surface area (Å²) in [5.74, 6) is 0.796. The minimum atomic E-state index is -0.468. The molecule has 1 N–H and O–H groups in total. The molecule has 4 aromatic rings. The van der Waals surface area contributed by atoms with Crippen molar-refractivity contribution in [1.29, 1.82) is 0 Å². The van der Waals surface area contributed by atoms with E-state index in [1.165, 1.54) is 11.8 Å². The number of nitrogens with zero attached hydrogens (tertiary/aromatic N) is 6. The van der Waals surface area contributed by atoms with E-state index in [0.717, 1.165) is 61.4 Å². The van der Waals surface area contributed by atoms with Crippen molar-refractivity contribution >= 4 is 22.7 Å². The van der Waals surface area contributed by atoms with Gasteiger partial charge in [-0.2, -0.15) is 5.10 Å². The highest BCUT2D eigenvalue weighted by atomic mass is 19.1. The van der Waals surface area contributed by atoms with Crippen molar-refractivity contribution in [2.75, 3.05) is 25.1 Å². The number of hydrogen-bond acceptors (Lipinski definition) is 7. The molecule has 0 radical (unpaired) electrons. The lowest BCUT2D eigenvalue weighted by atomic mass is 10.0. The van der Waals surface area contributed by atoms with Gasteiger partial charge in [0.05, 0.1) is 18.3 Å². The van der Waals surface area contributed by atoms with Gasteiger partial charge in [-0.3, -0.25) is 9.58 Å². The Kier molecular flexibility index (Phi) is 5.89. The zero-order chi connectivity index (χ0) is 24.8. The summed E-state index contributed by atoms with van der Waals surface area (Å²) >= 11 is 0. The van der Waals surface area contributed by atoms with Crippen LogP contribution in [0.25, 0.3) is 22.2 Å². The lowest BCUT2D eigenvalue weighted by Crippen LogP contribution is -2.39. The van der Waals surface area contributed by atoms with E-state index in [4.69, 9.17) is 9.72 Å². The summed E-state index contributed by atoms with van der Waals surface area (Å²) in [6.07, 6.45) is 3.20. The van der Waals surface area contributed by atoms with Gasteiger partial charge in [-0.05, 0) is 36.1 Å². The van der Waals surface area contributed by atoms with E-state index >= 15 is 0 Å². The fourth-order valence-corrected chi connectivity index (χ4v) is 5.42. The Morgan fingerprint density at radius 3 is 2.86 bits per heavy atom. The number of nitrogens with one attached hydrogen (secondary N) is 1. The van der Waals surface area contributed by atoms with E-state index < -0.39 is 5.82 Å². The second kappa shape index (κ2) is 9.22. The van der Waals surface area contributed by atoms with Crippen molar-refractivity contribution in [2.45, 2.75) is 45.2 Å². The number of pyridine rings is 1. The highest BCUT2D eigenvalue weighted by Gasteiger charge is 2.27. The van der Waals surface area contributed by atoms with Crippen molar-refractivity contribution in [3.05, 3.63) is 59.3 Å². The molecule has 1 saturated heterocycles. The summed E-state index contributed by atoms with van der Waals surface area (Å²) < 4.78 is 22.3. The van der Waals surface area contributed by atoms with Gasteiger partial charge in [-0.25, -0.2) is 19.3 Å². The molecule has 6 rings (SSSR count). The third-order valence-electron chi connectivity index (χ3n) is 7.18. The van der Waals surface area contributed by atoms with Gasteiger partial charge in [-0.1, -0.05) is 26.0 Å². The van der Waals surface area contributed by atoms with Crippen LogP contribution in [0.4, 0.5) is 16.2 Å². The predicted octanol–water partition coefficient (Wildman–Crippen LogP) is 4.58. The minimum Gasteiger partial charge on any atom is -0.380 e. The molecule has 0 saturated carbocycles. The summed E-state index contributed by atoms with van der Waals surface area (Å²) in [4.78, 5) is 16.0. The summed E-state index contributed by atoms with van der Waals surface area (Å²) in [6, 6.07) is 10.3. The number of fused-ring (bicyclic) bond motifs is 2. The molecule has 9 heteroatoms. The fraction of sp³-hybridized carbons (Fsp3) is 0.407. The molecule has 2 aliphatic heterocycles. The third-order valence-corrected chi connectivity index (χ3v) is 7.18. The van der Waals surface area contributed by atoms with Gasteiger partial charge in [0.2, 0.25) is 5.95 Å². The summed E-state index contributed by atoms with van der Waals surface area (Å²) in [7, 11) is 1.94. The van der Waals surface area contributed by atoms with Crippen molar-refractivity contribution in [1.82, 2.24) is 29.6 Å². The second-order valence-electron chi connectivity index (χ2n) is 9.95. The number of rotatable bonds is 5. The normalized spacial score (nSPS) is 18.2. The maximum absolute atomic E-state index is 14.8. The number of anilines is 2. The van der Waals surface area contributed by atoms with Crippen molar-refractivity contribution in [3.63, 3.8) is 0 Å². The Morgan fingerprint density at radius 2 is 2.06 bits per heavy atom. The maximum atomic E-state index is 14.8. The van der Waals surface area contributed by atoms with Crippen LogP contribution in [0, 0.1) is 5.82 Å². The number of hydrogen-bond donors (Lipinski definition) is 1. The molecule has 8 nitrogen and oxygen atoms in total. The second-order valence-corrected chi connectivity index (χ2v) is 9.95. The standard InChI is InChI=1S/C27H30FN7O/c1-16(2)26-20-12-17(4-6-23(20)33-34(26)3)25-21(28)13-29-27(32-25)31-24-7-5-18-14-35(10-8-22(18)30-24)19-9-11-36-15-19/h4-7,12-13,16,19H,8-11,14-15H2,1-3H3,(H,29,30,31,32). The number of ether oxygens (including phenoxy) is 1. The van der Waals surface area contributed by atoms with Gasteiger partial charge >= 0.3 is 0 Å². The highest BCUT2D eigenvalue weighted by molar-refractivity contribution is 5.86. The Morgan fingerprint density at radius 1 is 1.17 bits per heavy atom. The van der Waals surface area contributed by atoms with Crippen LogP contribution in [-0.2, 0) is 24.8 Å². The molecule has 186 valence electrons. The number of halogens is 1. The van der Waals surface area contributed by atoms with Crippen LogP contribution in [0.2, 0.25) is 0 Å². The molecule has 36 heavy (non-hydrogen) atoms. The van der Waals surface area contributed by atoms with Gasteiger partial charge in [0.15, 0.2) is 5.82 Å². The van der Waals surface area contributed by atoms with Crippen LogP contribution in [0.3, 0.4) is 0 Å². The first kappa shape index (κ1) is 23.0. The van der Waals surface area contributed by atoms with Gasteiger partial charge in [-0.15, -0.1) is 0 Å². The van der Waals surface area contributed by atoms with Gasteiger partial charge < -0.3 is 10.1 Å². The Labute approximate surface area is 209 Å². The number of benzene rings is 1. The first-order valence-electron chi connectivity index (χ1n) is 12.5. The molecule has 0 spiro atoms. The van der Waals surface area contributed by atoms with Crippen LogP contribution in [-0.4, -0.2) is 55.4 Å². The molecule has 0 bridgehead atoms. The average molecular weight is 488 g/mol. The molecule has 3 aromatic heterocycles. The summed E-state index contributed by atoms with van der Waals surface area (Å²) in [6.45, 7) is 7.79. The van der Waals surface area contributed by atoms with Crippen LogP contribution in [0.15, 0.2) is 36.5 Å². The van der Waals surface area contributed by atoms with Crippen LogP contribution in [0.1, 0.15) is 43.1 Å². The molecule has 0 amide bonds. The number of aryl methyl sites for hydroxylation is 1. The van der Waals surface area contributed by atoms with Crippen LogP contribution < -0.4 is 5.32 Å². The van der Waals surface area contributed by atoms with E-state index in [2.05, 4.69) is 45.2 Å². The quantitative estimate of drug-likeness (QED) is 0.441. The average Bonchev–Trinajstić information content (AvgIpc) is 3.52. The van der Waals surface area contributed by atoms with E-state index in [0.29, 0.717) is 23.4 Å². The molecule has 2 aliphatic rings. The highest BCUT2D eigenvalue weighted by Crippen LogP contribution is 2.31. The lowest BCUT2D eigenvalue weighted by molar-refractivity contribution is 0.134. The Balaban J connectivity index is 1.26. The molecule has 1 aromatic carbocycles. The first-order valence-corrected chi connectivity index (χ1v) is 12.5. The van der Waals surface area contributed by atoms with E-state index in [1.807, 2.05) is 36.0 Å². The molecule has 1 fully saturated rings. The predicted molar refractivity (Wildman–Crippen MR) is 137 cm³/mol. The van der Waals surface area contributed by atoms with Crippen molar-refractivity contribution in [2.24, 2.45) is 7.05 Å². The minimum absolute atomic E-state index is 0.250. The largest absolute Gasteiger partial charge is 0.380 e. The third kappa shape index (κ3) is 4.22. The van der Waals surface area contributed by atoms with Crippen LogP contribution >= 0.6 is 0 Å². The zero-order valence-electron chi connectivity index (χ0n) is 20.8. The topological polar surface area (TPSA) is 81.0 Å². The Bertz CT molecular complexity index is 1430. The van der Waals surface area contributed by atoms with E-state index in [1.54, 1.807) is 0 Å². The van der Waals surface area contributed by atoms with E-state index in [9.17, 15) is 4.39 Å². The molecular formula is C27H30FN7O. The molecule has 5 heterocycles. The lowest BCUT2D eigenvalue weighted by Gasteiger charge is -2.32. The van der Waals surface area contributed by atoms with E-state index in [-0.39, 0.29) is 11.6 Å². The maximum Gasteiger partial charge on any atom is 0.229 e. The first-order chi connectivity index (χ1) is 17.5. The smallest absolute Gasteiger partial charge is 0.229 e. The van der Waals surface area contributed by atoms with Crippen molar-refractivity contribution in [3.8, 4) is 11.3 Å². The van der Waals surface area contributed by atoms with Crippen LogP contribution in [0.5, 0.6) is 0 Å². The molecule has 1 unspecified atom stereocenters. The van der Waals surface area contributed by atoms with Gasteiger partial charge in [0, 0.05) is 61.5 Å². The molecule has 1 atom stereocenters. The molecule has 0 aliphatic carbocycles. The number of aromatic nitrogens is 5. The van der Waals surface area contributed by atoms with Gasteiger partial charge in [0.1, 0.15) is 11.5 Å². The van der Waals surface area contributed by atoms with Gasteiger partial charge in [0.25, 0.3) is 0 Å². The summed E-state index contributed by atoms with van der Waals surface area (Å²) in [5, 5.41) is 8.77.